The first-order valence-corrected chi connectivity index (χ1v) is 10.8. The van der Waals surface area contributed by atoms with Gasteiger partial charge in [0.05, 0.1) is 12.1 Å². The highest BCUT2D eigenvalue weighted by atomic mass is 35.5. The van der Waals surface area contributed by atoms with Crippen LogP contribution in [-0.2, 0) is 16.1 Å². The van der Waals surface area contributed by atoms with Gasteiger partial charge in [-0.15, -0.1) is 0 Å². The van der Waals surface area contributed by atoms with Gasteiger partial charge in [-0.05, 0) is 56.2 Å². The molecule has 1 unspecified atom stereocenters. The molecule has 1 atom stereocenters. The fourth-order valence-electron chi connectivity index (χ4n) is 3.08. The Labute approximate surface area is 193 Å². The van der Waals surface area contributed by atoms with E-state index in [9.17, 15) is 9.59 Å². The normalized spacial score (nSPS) is 11.7. The maximum atomic E-state index is 13.2. The number of carbonyl (C=O) groups excluding carboxylic acids is 2. The van der Waals surface area contributed by atoms with Gasteiger partial charge in [0.15, 0.2) is 6.61 Å². The predicted molar refractivity (Wildman–Crippen MR) is 123 cm³/mol. The second kappa shape index (κ2) is 11.8. The highest BCUT2D eigenvalue weighted by Crippen LogP contribution is 2.27. The smallest absolute Gasteiger partial charge is 0.261 e. The molecule has 0 aliphatic heterocycles. The number of ether oxygens (including phenoxy) is 2. The lowest BCUT2D eigenvalue weighted by Crippen LogP contribution is -2.51. The molecule has 1 N–H and O–H groups in total. The maximum absolute atomic E-state index is 13.2. The van der Waals surface area contributed by atoms with Gasteiger partial charge in [0.2, 0.25) is 5.91 Å². The Morgan fingerprint density at radius 1 is 1.13 bits per heavy atom. The summed E-state index contributed by atoms with van der Waals surface area (Å²) >= 11 is 12.1. The van der Waals surface area contributed by atoms with Crippen molar-refractivity contribution >= 4 is 35.0 Å². The predicted octanol–water partition coefficient (Wildman–Crippen LogP) is 4.71. The molecule has 0 radical (unpaired) electrons. The Balaban J connectivity index is 2.25. The molecule has 0 aromatic heterocycles. The number of carbonyl (C=O) groups is 2. The molecule has 0 spiro atoms. The van der Waals surface area contributed by atoms with E-state index in [1.807, 2.05) is 45.0 Å². The van der Waals surface area contributed by atoms with Crippen molar-refractivity contribution in [3.8, 4) is 11.5 Å². The zero-order chi connectivity index (χ0) is 23.0. The lowest BCUT2D eigenvalue weighted by atomic mass is 10.1. The number of amides is 2. The molecule has 8 heteroatoms. The number of methoxy groups -OCH3 is 1. The van der Waals surface area contributed by atoms with Gasteiger partial charge < -0.3 is 19.7 Å². The van der Waals surface area contributed by atoms with Crippen molar-refractivity contribution in [2.45, 2.75) is 45.8 Å². The molecule has 0 saturated heterocycles. The van der Waals surface area contributed by atoms with Crippen LogP contribution in [0.4, 0.5) is 0 Å². The number of nitrogens with one attached hydrogen (secondary N) is 1. The number of rotatable bonds is 10. The molecule has 31 heavy (non-hydrogen) atoms. The van der Waals surface area contributed by atoms with Gasteiger partial charge in [-0.1, -0.05) is 42.3 Å². The van der Waals surface area contributed by atoms with E-state index in [0.717, 1.165) is 5.56 Å². The quantitative estimate of drug-likeness (QED) is 0.550. The summed E-state index contributed by atoms with van der Waals surface area (Å²) in [5.41, 5.74) is 0.841. The van der Waals surface area contributed by atoms with Crippen molar-refractivity contribution in [1.29, 1.82) is 0 Å². The average molecular weight is 467 g/mol. The number of benzene rings is 2. The molecule has 0 aliphatic rings. The highest BCUT2D eigenvalue weighted by Gasteiger charge is 2.29. The Morgan fingerprint density at radius 2 is 1.87 bits per heavy atom. The van der Waals surface area contributed by atoms with Gasteiger partial charge in [0.1, 0.15) is 17.5 Å². The van der Waals surface area contributed by atoms with Gasteiger partial charge in [-0.25, -0.2) is 0 Å². The first kappa shape index (κ1) is 24.8. The molecule has 2 rings (SSSR count). The molecule has 0 bridgehead atoms. The van der Waals surface area contributed by atoms with Crippen molar-refractivity contribution < 1.29 is 19.1 Å². The van der Waals surface area contributed by atoms with E-state index in [1.54, 1.807) is 25.3 Å². The van der Waals surface area contributed by atoms with Crippen LogP contribution in [0.25, 0.3) is 0 Å². The van der Waals surface area contributed by atoms with Gasteiger partial charge in [0.25, 0.3) is 5.91 Å². The molecule has 0 fully saturated rings. The Bertz CT molecular complexity index is 905. The molecular formula is C23H28Cl2N2O4. The highest BCUT2D eigenvalue weighted by molar-refractivity contribution is 6.35. The summed E-state index contributed by atoms with van der Waals surface area (Å²) in [6.07, 6.45) is 0.454. The van der Waals surface area contributed by atoms with Crippen LogP contribution in [0, 0.1) is 0 Å². The number of hydrogen-bond donors (Lipinski definition) is 1. The third kappa shape index (κ3) is 7.33. The van der Waals surface area contributed by atoms with Crippen LogP contribution in [0.3, 0.4) is 0 Å². The summed E-state index contributed by atoms with van der Waals surface area (Å²) in [4.78, 5) is 27.5. The summed E-state index contributed by atoms with van der Waals surface area (Å²) < 4.78 is 10.9. The van der Waals surface area contributed by atoms with Crippen molar-refractivity contribution in [2.24, 2.45) is 0 Å². The Kier molecular flexibility index (Phi) is 9.46. The van der Waals surface area contributed by atoms with Crippen LogP contribution in [0.1, 0.15) is 32.8 Å². The molecule has 2 aromatic carbocycles. The van der Waals surface area contributed by atoms with E-state index in [-0.39, 0.29) is 31.0 Å². The molecular weight excluding hydrogens is 439 g/mol. The first-order valence-electron chi connectivity index (χ1n) is 10.1. The lowest BCUT2D eigenvalue weighted by molar-refractivity contribution is -0.143. The van der Waals surface area contributed by atoms with Crippen LogP contribution >= 0.6 is 23.2 Å². The third-order valence-corrected chi connectivity index (χ3v) is 5.08. The number of nitrogens with zero attached hydrogens (tertiary/aromatic N) is 1. The summed E-state index contributed by atoms with van der Waals surface area (Å²) in [5.74, 6) is 0.479. The molecule has 0 aliphatic carbocycles. The summed E-state index contributed by atoms with van der Waals surface area (Å²) in [6.45, 7) is 5.59. The van der Waals surface area contributed by atoms with Crippen molar-refractivity contribution in [3.05, 3.63) is 58.1 Å². The standard InChI is InChI=1S/C23H28Cl2N2O4/c1-5-20(23(29)26-15(2)3)27(13-16-7-6-8-18(11-16)30-4)22(28)14-31-21-10-9-17(24)12-19(21)25/h6-12,15,20H,5,13-14H2,1-4H3,(H,26,29). The maximum Gasteiger partial charge on any atom is 0.261 e. The van der Waals surface area contributed by atoms with E-state index in [2.05, 4.69) is 5.32 Å². The minimum Gasteiger partial charge on any atom is -0.497 e. The second-order valence-electron chi connectivity index (χ2n) is 7.32. The van der Waals surface area contributed by atoms with Gasteiger partial charge in [-0.2, -0.15) is 0 Å². The average Bonchev–Trinajstić information content (AvgIpc) is 2.72. The molecule has 2 amide bonds. The zero-order valence-corrected chi connectivity index (χ0v) is 19.7. The third-order valence-electron chi connectivity index (χ3n) is 4.55. The number of halogens is 2. The minimum absolute atomic E-state index is 0.0422. The van der Waals surface area contributed by atoms with E-state index < -0.39 is 6.04 Å². The summed E-state index contributed by atoms with van der Waals surface area (Å²) in [7, 11) is 1.58. The van der Waals surface area contributed by atoms with Crippen molar-refractivity contribution in [2.75, 3.05) is 13.7 Å². The number of hydrogen-bond acceptors (Lipinski definition) is 4. The van der Waals surface area contributed by atoms with Crippen LogP contribution in [-0.4, -0.2) is 42.5 Å². The molecule has 2 aromatic rings. The van der Waals surface area contributed by atoms with Crippen LogP contribution in [0.5, 0.6) is 11.5 Å². The summed E-state index contributed by atoms with van der Waals surface area (Å²) in [5, 5.41) is 3.67. The van der Waals surface area contributed by atoms with Crippen LogP contribution in [0.15, 0.2) is 42.5 Å². The van der Waals surface area contributed by atoms with Crippen LogP contribution < -0.4 is 14.8 Å². The summed E-state index contributed by atoms with van der Waals surface area (Å²) in [6, 6.07) is 11.5. The van der Waals surface area contributed by atoms with Gasteiger partial charge in [0, 0.05) is 17.6 Å². The molecule has 0 saturated carbocycles. The molecule has 168 valence electrons. The second-order valence-corrected chi connectivity index (χ2v) is 8.17. The Morgan fingerprint density at radius 3 is 2.48 bits per heavy atom. The SMILES string of the molecule is CCC(C(=O)NC(C)C)N(Cc1cccc(OC)c1)C(=O)COc1ccc(Cl)cc1Cl. The minimum atomic E-state index is -0.648. The van der Waals surface area contributed by atoms with Crippen LogP contribution in [0.2, 0.25) is 10.0 Å². The monoisotopic (exact) mass is 466 g/mol. The van der Waals surface area contributed by atoms with E-state index in [4.69, 9.17) is 32.7 Å². The topological polar surface area (TPSA) is 67.9 Å². The molecule has 0 heterocycles. The fraction of sp³-hybridized carbons (Fsp3) is 0.391. The van der Waals surface area contributed by atoms with Gasteiger partial charge >= 0.3 is 0 Å². The van der Waals surface area contributed by atoms with Gasteiger partial charge in [-0.3, -0.25) is 9.59 Å². The Hall–Kier alpha value is -2.44. The first-order chi connectivity index (χ1) is 14.7. The largest absolute Gasteiger partial charge is 0.497 e. The van der Waals surface area contributed by atoms with Crippen molar-refractivity contribution in [3.63, 3.8) is 0 Å². The fourth-order valence-corrected chi connectivity index (χ4v) is 3.55. The zero-order valence-electron chi connectivity index (χ0n) is 18.2. The molecule has 6 nitrogen and oxygen atoms in total. The van der Waals surface area contributed by atoms with E-state index in [1.165, 1.54) is 4.90 Å². The van der Waals surface area contributed by atoms with E-state index in [0.29, 0.717) is 28.0 Å². The van der Waals surface area contributed by atoms with Crippen molar-refractivity contribution in [1.82, 2.24) is 10.2 Å². The lowest BCUT2D eigenvalue weighted by Gasteiger charge is -2.31. The van der Waals surface area contributed by atoms with E-state index >= 15 is 0 Å².